The number of nitrogens with one attached hydrogen (secondary N) is 5. The van der Waals surface area contributed by atoms with Gasteiger partial charge >= 0.3 is 0 Å². The van der Waals surface area contributed by atoms with E-state index in [1.165, 1.54) is 11.3 Å². The largest absolute Gasteiger partial charge is 0.329 e. The first-order valence-corrected chi connectivity index (χ1v) is 19.9. The van der Waals surface area contributed by atoms with E-state index in [9.17, 15) is 33.2 Å². The lowest BCUT2D eigenvalue weighted by atomic mass is 9.69. The molecule has 58 heavy (non-hydrogen) atoms. The van der Waals surface area contributed by atoms with Gasteiger partial charge < -0.3 is 26.2 Å². The molecule has 3 atom stereocenters. The molecule has 4 aliphatic rings. The van der Waals surface area contributed by atoms with Crippen LogP contribution < -0.4 is 26.6 Å². The van der Waals surface area contributed by atoms with Crippen LogP contribution in [0.4, 0.5) is 21.5 Å². The summed E-state index contributed by atoms with van der Waals surface area (Å²) in [5, 5.41) is 14.8. The molecule has 6 amide bonds. The molecule has 0 radical (unpaired) electrons. The van der Waals surface area contributed by atoms with Crippen LogP contribution in [0.3, 0.4) is 0 Å². The van der Waals surface area contributed by atoms with Crippen molar-refractivity contribution in [2.45, 2.75) is 69.0 Å². The quantitative estimate of drug-likeness (QED) is 0.0939. The van der Waals surface area contributed by atoms with Crippen molar-refractivity contribution in [3.05, 3.63) is 123 Å². The number of benzene rings is 4. The Hall–Kier alpha value is -5.63. The topological polar surface area (TPSA) is 166 Å². The van der Waals surface area contributed by atoms with Gasteiger partial charge in [0.2, 0.25) is 24.1 Å². The van der Waals surface area contributed by atoms with Gasteiger partial charge in [-0.15, -0.1) is 0 Å². The van der Waals surface area contributed by atoms with Crippen LogP contribution in [-0.4, -0.2) is 59.0 Å². The number of hydrogen-bond acceptors (Lipinski definition) is 7. The molecule has 12 nitrogen and oxygen atoms in total. The van der Waals surface area contributed by atoms with Gasteiger partial charge in [0.25, 0.3) is 11.8 Å². The third-order valence-electron chi connectivity index (χ3n) is 11.4. The molecule has 3 unspecified atom stereocenters. The lowest BCUT2D eigenvalue weighted by molar-refractivity contribution is -0.137. The van der Waals surface area contributed by atoms with Crippen molar-refractivity contribution in [2.24, 2.45) is 5.92 Å². The molecule has 0 bridgehead atoms. The predicted molar refractivity (Wildman–Crippen MR) is 218 cm³/mol. The monoisotopic (exact) mass is 826 g/mol. The second kappa shape index (κ2) is 17.5. The van der Waals surface area contributed by atoms with E-state index < -0.39 is 17.8 Å². The summed E-state index contributed by atoms with van der Waals surface area (Å²) in [5.41, 5.74) is 3.33. The van der Waals surface area contributed by atoms with Gasteiger partial charge in [0.05, 0.1) is 10.9 Å². The molecule has 1 aliphatic carbocycles. The third kappa shape index (κ3) is 8.47. The second-order valence-electron chi connectivity index (χ2n) is 14.8. The number of anilines is 3. The maximum absolute atomic E-state index is 14.8. The summed E-state index contributed by atoms with van der Waals surface area (Å²) in [6, 6.07) is 22.8. The Labute approximate surface area is 344 Å². The molecule has 1 saturated carbocycles. The van der Waals surface area contributed by atoms with Crippen LogP contribution in [0.1, 0.15) is 82.7 Å². The molecule has 4 aromatic rings. The summed E-state index contributed by atoms with van der Waals surface area (Å²) in [6.45, 7) is 0.726. The van der Waals surface area contributed by atoms with Crippen LogP contribution in [0.5, 0.6) is 0 Å². The molecule has 300 valence electrons. The average molecular weight is 828 g/mol. The van der Waals surface area contributed by atoms with Crippen molar-refractivity contribution in [2.75, 3.05) is 22.5 Å². The standard InChI is InChI=1S/C22H23Cl2FN2O.C21H18N4O5/c23-14-6-4-7-15(12-14)27-21(28)19-17(16-8-5-9-18(24)20(16)25)13-26-22(19)10-2-1-3-11-22;26-11-22-13-6-4-12(5-7-13)19(28)23-16-3-1-2-14-15(16)10-25(21(14)30)17-8-9-18(27)24-20(17)29/h4-9,12,17,19,26H,1-3,10-11,13H2,(H,27,28);1-7,11,17H,8-10H2,(H,22,26)(H,23,28)(H,24,27,29). The van der Waals surface area contributed by atoms with Crippen LogP contribution >= 0.6 is 23.2 Å². The first-order chi connectivity index (χ1) is 28.0. The molecular weight excluding hydrogens is 786 g/mol. The number of amides is 6. The van der Waals surface area contributed by atoms with Crippen LogP contribution in [0.2, 0.25) is 10.0 Å². The van der Waals surface area contributed by atoms with Crippen molar-refractivity contribution in [3.63, 3.8) is 0 Å². The van der Waals surface area contributed by atoms with Gasteiger partial charge in [0, 0.05) is 69.7 Å². The van der Waals surface area contributed by atoms with Crippen LogP contribution in [0.15, 0.2) is 84.9 Å². The van der Waals surface area contributed by atoms with Gasteiger partial charge in [0.1, 0.15) is 11.9 Å². The van der Waals surface area contributed by atoms with Crippen molar-refractivity contribution in [3.8, 4) is 0 Å². The molecule has 5 N–H and O–H groups in total. The molecule has 3 heterocycles. The fraction of sp³-hybridized carbons (Fsp3) is 0.302. The molecule has 0 aromatic heterocycles. The molecule has 2 saturated heterocycles. The summed E-state index contributed by atoms with van der Waals surface area (Å²) in [7, 11) is 0. The van der Waals surface area contributed by atoms with E-state index in [2.05, 4.69) is 26.6 Å². The van der Waals surface area contributed by atoms with Crippen LogP contribution in [0, 0.1) is 11.7 Å². The Balaban J connectivity index is 0.000000177. The first kappa shape index (κ1) is 40.6. The Morgan fingerprint density at radius 1 is 0.879 bits per heavy atom. The van der Waals surface area contributed by atoms with Gasteiger partial charge in [-0.1, -0.05) is 66.7 Å². The number of carbonyl (C=O) groups excluding carboxylic acids is 6. The highest BCUT2D eigenvalue weighted by Crippen LogP contribution is 2.47. The number of fused-ring (bicyclic) bond motifs is 1. The zero-order valence-corrected chi connectivity index (χ0v) is 32.8. The van der Waals surface area contributed by atoms with E-state index in [0.717, 1.165) is 25.7 Å². The highest BCUT2D eigenvalue weighted by atomic mass is 35.5. The number of halogens is 3. The van der Waals surface area contributed by atoms with E-state index in [-0.39, 0.29) is 65.4 Å². The summed E-state index contributed by atoms with van der Waals surface area (Å²) in [6.07, 6.45) is 6.13. The van der Waals surface area contributed by atoms with E-state index in [4.69, 9.17) is 23.2 Å². The third-order valence-corrected chi connectivity index (χ3v) is 11.9. The SMILES string of the molecule is O=C(Nc1cccc(Cl)c1)C1C(c2cccc(Cl)c2F)CNC12CCCCC2.O=CNc1ccc(C(=O)Nc2cccc3c2CN(C2CCC(=O)NC2=O)C3=O)cc1. The smallest absolute Gasteiger partial charge is 0.255 e. The second-order valence-corrected chi connectivity index (χ2v) is 15.7. The van der Waals surface area contributed by atoms with Crippen molar-refractivity contribution >= 4 is 76.2 Å². The zero-order chi connectivity index (χ0) is 41.0. The molecule has 4 aromatic carbocycles. The highest BCUT2D eigenvalue weighted by molar-refractivity contribution is 6.31. The lowest BCUT2D eigenvalue weighted by Gasteiger charge is -2.39. The Morgan fingerprint density at radius 2 is 1.62 bits per heavy atom. The van der Waals surface area contributed by atoms with E-state index in [1.54, 1.807) is 78.9 Å². The minimum absolute atomic E-state index is 0.0936. The normalized spacial score (nSPS) is 20.7. The van der Waals surface area contributed by atoms with Gasteiger partial charge in [-0.05, 0) is 85.5 Å². The zero-order valence-electron chi connectivity index (χ0n) is 31.3. The Kier molecular flexibility index (Phi) is 12.2. The molecule has 3 aliphatic heterocycles. The van der Waals surface area contributed by atoms with Gasteiger partial charge in [-0.3, -0.25) is 34.1 Å². The number of imide groups is 1. The molecule has 3 fully saturated rings. The number of nitrogens with zero attached hydrogens (tertiary/aromatic N) is 1. The van der Waals surface area contributed by atoms with Crippen LogP contribution in [0.25, 0.3) is 0 Å². The number of rotatable bonds is 8. The van der Waals surface area contributed by atoms with Gasteiger partial charge in [-0.2, -0.15) is 0 Å². The van der Waals surface area contributed by atoms with Crippen molar-refractivity contribution < 1.29 is 33.2 Å². The summed E-state index contributed by atoms with van der Waals surface area (Å²) < 4.78 is 14.8. The average Bonchev–Trinajstić information content (AvgIpc) is 3.74. The minimum Gasteiger partial charge on any atom is -0.329 e. The first-order valence-electron chi connectivity index (χ1n) is 19.1. The number of piperidine rings is 1. The summed E-state index contributed by atoms with van der Waals surface area (Å²) >= 11 is 12.1. The van der Waals surface area contributed by atoms with E-state index >= 15 is 0 Å². The fourth-order valence-electron chi connectivity index (χ4n) is 8.60. The minimum atomic E-state index is -0.719. The highest BCUT2D eigenvalue weighted by Gasteiger charge is 2.53. The lowest BCUT2D eigenvalue weighted by Crippen LogP contribution is -2.52. The maximum Gasteiger partial charge on any atom is 0.255 e. The summed E-state index contributed by atoms with van der Waals surface area (Å²) in [5.74, 6) is -2.67. The van der Waals surface area contributed by atoms with Crippen molar-refractivity contribution in [1.29, 1.82) is 0 Å². The molecule has 8 rings (SSSR count). The summed E-state index contributed by atoms with van der Waals surface area (Å²) in [4.78, 5) is 74.4. The molecule has 15 heteroatoms. The van der Waals surface area contributed by atoms with E-state index in [0.29, 0.717) is 57.3 Å². The van der Waals surface area contributed by atoms with E-state index in [1.807, 2.05) is 6.07 Å². The number of carbonyl (C=O) groups is 6. The molecule has 1 spiro atoms. The van der Waals surface area contributed by atoms with Crippen LogP contribution in [-0.2, 0) is 25.7 Å². The molecular formula is C43H41Cl2FN6O6. The Morgan fingerprint density at radius 3 is 2.34 bits per heavy atom. The van der Waals surface area contributed by atoms with Gasteiger partial charge in [0.15, 0.2) is 0 Å². The number of hydrogen-bond donors (Lipinski definition) is 5. The maximum atomic E-state index is 14.8. The Bertz CT molecular complexity index is 2270. The predicted octanol–water partition coefficient (Wildman–Crippen LogP) is 7.05. The van der Waals surface area contributed by atoms with Crippen molar-refractivity contribution in [1.82, 2.24) is 15.5 Å². The fourth-order valence-corrected chi connectivity index (χ4v) is 8.97. The van der Waals surface area contributed by atoms with Gasteiger partial charge in [-0.25, -0.2) is 4.39 Å².